The van der Waals surface area contributed by atoms with E-state index in [1.807, 2.05) is 39.9 Å². The van der Waals surface area contributed by atoms with Gasteiger partial charge in [0.2, 0.25) is 5.43 Å². The highest BCUT2D eigenvalue weighted by Crippen LogP contribution is 2.38. The highest BCUT2D eigenvalue weighted by molar-refractivity contribution is 6.30. The lowest BCUT2D eigenvalue weighted by molar-refractivity contribution is 0.0694. The Balaban J connectivity index is 0.987. The van der Waals surface area contributed by atoms with E-state index < -0.39 is 17.2 Å². The Bertz CT molecular complexity index is 2080. The lowest BCUT2D eigenvalue weighted by Crippen LogP contribution is -2.46. The van der Waals surface area contributed by atoms with Crippen LogP contribution in [0, 0.1) is 5.82 Å². The van der Waals surface area contributed by atoms with E-state index in [1.165, 1.54) is 18.3 Å². The van der Waals surface area contributed by atoms with Crippen molar-refractivity contribution >= 4 is 46.0 Å². The number of rotatable bonds is 9. The molecule has 2 aromatic heterocycles. The summed E-state index contributed by atoms with van der Waals surface area (Å²) < 4.78 is 18.8. The van der Waals surface area contributed by atoms with Gasteiger partial charge >= 0.3 is 5.97 Å². The molecule has 0 radical (unpaired) electrons. The van der Waals surface area contributed by atoms with E-state index in [-0.39, 0.29) is 22.8 Å². The lowest BCUT2D eigenvalue weighted by atomic mass is 10.1. The first-order valence-electron chi connectivity index (χ1n) is 15.3. The third-order valence-corrected chi connectivity index (χ3v) is 8.88. The molecule has 1 aliphatic heterocycles. The van der Waals surface area contributed by atoms with E-state index in [2.05, 4.69) is 15.2 Å². The van der Waals surface area contributed by atoms with Crippen molar-refractivity contribution in [2.45, 2.75) is 25.4 Å². The SMILES string of the molecule is O=C(/C=C/c1ccc(Cl)cc1)c1ccc(-n2cc(CN3CCN(c4cc5c(cc4F)c(=O)c(C(=O)O)cn5C4CC4)CC3)nn2)cc1. The molecule has 1 saturated carbocycles. The van der Waals surface area contributed by atoms with Crippen LogP contribution in [0.4, 0.5) is 10.1 Å². The maximum Gasteiger partial charge on any atom is 0.341 e. The largest absolute Gasteiger partial charge is 0.477 e. The molecule has 1 N–H and O–H groups in total. The molecule has 47 heavy (non-hydrogen) atoms. The van der Waals surface area contributed by atoms with Gasteiger partial charge in [0.1, 0.15) is 11.4 Å². The van der Waals surface area contributed by atoms with E-state index in [9.17, 15) is 19.5 Å². The van der Waals surface area contributed by atoms with Crippen molar-refractivity contribution in [3.05, 3.63) is 123 Å². The predicted octanol–water partition coefficient (Wildman–Crippen LogP) is 5.63. The smallest absolute Gasteiger partial charge is 0.341 e. The molecule has 3 heterocycles. The Morgan fingerprint density at radius 3 is 2.38 bits per heavy atom. The van der Waals surface area contributed by atoms with Gasteiger partial charge in [-0.05, 0) is 73.0 Å². The van der Waals surface area contributed by atoms with E-state index >= 15 is 4.39 Å². The van der Waals surface area contributed by atoms with Crippen LogP contribution in [0.3, 0.4) is 0 Å². The topological polar surface area (TPSA) is 114 Å². The fourth-order valence-electron chi connectivity index (χ4n) is 5.90. The molecule has 7 rings (SSSR count). The number of hydrogen-bond donors (Lipinski definition) is 1. The Hall–Kier alpha value is -5.13. The van der Waals surface area contributed by atoms with Gasteiger partial charge in [-0.1, -0.05) is 35.0 Å². The molecule has 1 saturated heterocycles. The lowest BCUT2D eigenvalue weighted by Gasteiger charge is -2.36. The molecular weight excluding hydrogens is 623 g/mol. The van der Waals surface area contributed by atoms with Crippen molar-refractivity contribution in [3.8, 4) is 5.69 Å². The minimum atomic E-state index is -1.31. The normalized spacial score (nSPS) is 15.5. The van der Waals surface area contributed by atoms with Crippen LogP contribution in [0.25, 0.3) is 22.7 Å². The van der Waals surface area contributed by atoms with Crippen molar-refractivity contribution in [1.82, 2.24) is 24.5 Å². The number of carbonyl (C=O) groups excluding carboxylic acids is 1. The van der Waals surface area contributed by atoms with E-state index in [0.29, 0.717) is 54.5 Å². The molecule has 5 aromatic rings. The molecule has 0 unspecified atom stereocenters. The molecule has 0 amide bonds. The van der Waals surface area contributed by atoms with Crippen LogP contribution in [0.15, 0.2) is 83.9 Å². The summed E-state index contributed by atoms with van der Waals surface area (Å²) in [5.41, 5.74) is 2.96. The van der Waals surface area contributed by atoms with E-state index in [4.69, 9.17) is 11.6 Å². The first-order valence-corrected chi connectivity index (χ1v) is 15.7. The minimum Gasteiger partial charge on any atom is -0.477 e. The van der Waals surface area contributed by atoms with Crippen LogP contribution in [0.5, 0.6) is 0 Å². The molecule has 0 atom stereocenters. The molecule has 0 spiro atoms. The van der Waals surface area contributed by atoms with Crippen molar-refractivity contribution in [2.24, 2.45) is 0 Å². The zero-order valence-corrected chi connectivity index (χ0v) is 26.0. The summed E-state index contributed by atoms with van der Waals surface area (Å²) in [7, 11) is 0. The number of benzene rings is 3. The minimum absolute atomic E-state index is 0.0898. The van der Waals surface area contributed by atoms with Gasteiger partial charge in [0.15, 0.2) is 5.78 Å². The third-order valence-electron chi connectivity index (χ3n) is 8.62. The number of nitrogens with zero attached hydrogens (tertiary/aromatic N) is 6. The summed E-state index contributed by atoms with van der Waals surface area (Å²) >= 11 is 5.92. The summed E-state index contributed by atoms with van der Waals surface area (Å²) in [6.45, 7) is 3.04. The molecule has 238 valence electrons. The molecular formula is C35H30ClFN6O4. The highest BCUT2D eigenvalue weighted by Gasteiger charge is 2.28. The molecule has 1 aliphatic carbocycles. The fourth-order valence-corrected chi connectivity index (χ4v) is 6.03. The standard InChI is InChI=1S/C35H30ClFN6O4/c36-24-6-1-22(2-7-24)3-12-33(44)23-4-8-27(9-5-23)43-20-25(38-39-43)19-40-13-15-41(16-14-40)32-18-31-28(17-30(32)37)34(45)29(35(46)47)21-42(31)26-10-11-26/h1-9,12,17-18,20-21,26H,10-11,13-16,19H2,(H,46,47)/b12-3+. The average Bonchev–Trinajstić information content (AvgIpc) is 3.82. The third kappa shape index (κ3) is 6.45. The summed E-state index contributed by atoms with van der Waals surface area (Å²) in [6, 6.07) is 17.4. The Morgan fingerprint density at radius 2 is 1.70 bits per heavy atom. The summed E-state index contributed by atoms with van der Waals surface area (Å²) in [5, 5.41) is 18.8. The molecule has 12 heteroatoms. The van der Waals surface area contributed by atoms with Crippen LogP contribution >= 0.6 is 11.6 Å². The van der Waals surface area contributed by atoms with Gasteiger partial charge < -0.3 is 14.6 Å². The van der Waals surface area contributed by atoms with Crippen LogP contribution < -0.4 is 10.3 Å². The van der Waals surface area contributed by atoms with Gasteiger partial charge in [-0.2, -0.15) is 0 Å². The van der Waals surface area contributed by atoms with Crippen molar-refractivity contribution in [2.75, 3.05) is 31.1 Å². The monoisotopic (exact) mass is 652 g/mol. The highest BCUT2D eigenvalue weighted by atomic mass is 35.5. The summed E-state index contributed by atoms with van der Waals surface area (Å²) in [5.74, 6) is -1.96. The maximum absolute atomic E-state index is 15.4. The van der Waals surface area contributed by atoms with Gasteiger partial charge in [-0.3, -0.25) is 14.5 Å². The zero-order valence-electron chi connectivity index (χ0n) is 25.2. The number of hydrogen-bond acceptors (Lipinski definition) is 7. The van der Waals surface area contributed by atoms with Crippen LogP contribution in [-0.4, -0.2) is 67.5 Å². The summed E-state index contributed by atoms with van der Waals surface area (Å²) in [6.07, 6.45) is 8.31. The number of carbonyl (C=O) groups is 2. The van der Waals surface area contributed by atoms with Gasteiger partial charge in [-0.25, -0.2) is 13.9 Å². The quantitative estimate of drug-likeness (QED) is 0.161. The number of fused-ring (bicyclic) bond motifs is 1. The van der Waals surface area contributed by atoms with Crippen LogP contribution in [0.1, 0.15) is 50.9 Å². The van der Waals surface area contributed by atoms with Gasteiger partial charge in [0.05, 0.1) is 28.8 Å². The van der Waals surface area contributed by atoms with Crippen LogP contribution in [0.2, 0.25) is 5.02 Å². The number of allylic oxidation sites excluding steroid dienone is 1. The number of carboxylic acids is 1. The number of carboxylic acid groups (broad SMARTS) is 1. The first-order chi connectivity index (χ1) is 22.7. The number of aromatic carboxylic acids is 1. The van der Waals surface area contributed by atoms with Gasteiger partial charge in [0, 0.05) is 60.9 Å². The molecule has 3 aromatic carbocycles. The van der Waals surface area contributed by atoms with E-state index in [1.54, 1.807) is 41.1 Å². The Kier molecular flexibility index (Phi) is 8.17. The molecule has 2 aliphatic rings. The molecule has 10 nitrogen and oxygen atoms in total. The van der Waals surface area contributed by atoms with Gasteiger partial charge in [0.25, 0.3) is 0 Å². The first kappa shape index (κ1) is 30.5. The summed E-state index contributed by atoms with van der Waals surface area (Å²) in [4.78, 5) is 41.3. The van der Waals surface area contributed by atoms with Crippen molar-refractivity contribution in [1.29, 1.82) is 0 Å². The average molecular weight is 653 g/mol. The van der Waals surface area contributed by atoms with E-state index in [0.717, 1.165) is 29.8 Å². The Morgan fingerprint density at radius 1 is 0.979 bits per heavy atom. The zero-order chi connectivity index (χ0) is 32.7. The van der Waals surface area contributed by atoms with Crippen molar-refractivity contribution in [3.63, 3.8) is 0 Å². The number of aromatic nitrogens is 4. The number of halogens is 2. The number of pyridine rings is 1. The number of piperazine rings is 1. The second-order valence-electron chi connectivity index (χ2n) is 11.8. The van der Waals surface area contributed by atoms with Gasteiger partial charge in [-0.15, -0.1) is 5.10 Å². The predicted molar refractivity (Wildman–Crippen MR) is 177 cm³/mol. The molecule has 0 bridgehead atoms. The maximum atomic E-state index is 15.4. The Labute approximate surface area is 273 Å². The second kappa shape index (κ2) is 12.6. The second-order valence-corrected chi connectivity index (χ2v) is 12.3. The van der Waals surface area contributed by atoms with Crippen molar-refractivity contribution < 1.29 is 19.1 Å². The molecule has 2 fully saturated rings. The number of anilines is 1. The fraction of sp³-hybridized carbons (Fsp3) is 0.229. The van der Waals surface area contributed by atoms with Crippen LogP contribution in [-0.2, 0) is 6.54 Å². The number of ketones is 1.